The number of carbonyl (C=O) groups is 1. The van der Waals surface area contributed by atoms with E-state index in [1.807, 2.05) is 6.08 Å². The number of aliphatic hydroxyl groups is 1. The number of ketones is 1. The van der Waals surface area contributed by atoms with Gasteiger partial charge in [0, 0.05) is 18.9 Å². The zero-order valence-corrected chi connectivity index (χ0v) is 15.8. The van der Waals surface area contributed by atoms with Crippen LogP contribution in [0.25, 0.3) is 0 Å². The normalized spacial score (nSPS) is 51.8. The Morgan fingerprint density at radius 3 is 2.60 bits per heavy atom. The Kier molecular flexibility index (Phi) is 3.75. The number of fused-ring (bicyclic) bond motifs is 5. The Hall–Kier alpha value is -1.14. The highest BCUT2D eigenvalue weighted by Gasteiger charge is 2.63. The van der Waals surface area contributed by atoms with Gasteiger partial charge < -0.3 is 5.11 Å². The fourth-order valence-corrected chi connectivity index (χ4v) is 7.41. The van der Waals surface area contributed by atoms with Crippen molar-refractivity contribution in [2.45, 2.75) is 65.7 Å². The Balaban J connectivity index is 1.75. The third-order valence-corrected chi connectivity index (χ3v) is 9.19. The lowest BCUT2D eigenvalue weighted by molar-refractivity contribution is -0.118. The molecule has 2 unspecified atom stereocenters. The smallest absolute Gasteiger partial charge is 0.155 e. The third-order valence-electron chi connectivity index (χ3n) is 9.19. The Bertz CT molecular complexity index is 676. The van der Waals surface area contributed by atoms with Crippen LogP contribution in [0, 0.1) is 51.2 Å². The summed E-state index contributed by atoms with van der Waals surface area (Å²) in [6.45, 7) is 7.03. The van der Waals surface area contributed by atoms with Crippen LogP contribution >= 0.6 is 0 Å². The van der Waals surface area contributed by atoms with E-state index >= 15 is 0 Å². The van der Waals surface area contributed by atoms with Crippen molar-refractivity contribution in [2.75, 3.05) is 6.61 Å². The van der Waals surface area contributed by atoms with Crippen LogP contribution < -0.4 is 0 Å². The lowest BCUT2D eigenvalue weighted by atomic mass is 9.44. The molecule has 0 spiro atoms. The van der Waals surface area contributed by atoms with Crippen LogP contribution in [0.5, 0.6) is 0 Å². The molecule has 136 valence electrons. The van der Waals surface area contributed by atoms with Crippen LogP contribution in [0.3, 0.4) is 0 Å². The van der Waals surface area contributed by atoms with Crippen molar-refractivity contribution < 1.29 is 9.90 Å². The predicted molar refractivity (Wildman–Crippen MR) is 96.4 cm³/mol. The molecule has 7 atom stereocenters. The fourth-order valence-electron chi connectivity index (χ4n) is 7.41. The zero-order valence-electron chi connectivity index (χ0n) is 15.8. The molecule has 0 aromatic heterocycles. The maximum atomic E-state index is 12.0. The maximum Gasteiger partial charge on any atom is 0.155 e. The molecule has 0 bridgehead atoms. The first kappa shape index (κ1) is 17.3. The standard InChI is InChI=1S/C22H31NO2/c1-20(13-23)7-5-18-16-10-14(12-24)19-11-15(25)4-8-21(19,2)17(16)6-9-22(18,20)3/h11,14,16-18,24H,4-10,12H2,1-3H3/t14?,16-,17-,18+,20?,21-,22+/m1/s1. The highest BCUT2D eigenvalue weighted by molar-refractivity contribution is 5.91. The summed E-state index contributed by atoms with van der Waals surface area (Å²) in [6.07, 6.45) is 8.91. The Labute approximate surface area is 151 Å². The van der Waals surface area contributed by atoms with Gasteiger partial charge in [0.05, 0.1) is 11.5 Å². The summed E-state index contributed by atoms with van der Waals surface area (Å²) in [7, 11) is 0. The molecule has 3 saturated carbocycles. The lowest BCUT2D eigenvalue weighted by Gasteiger charge is -2.60. The largest absolute Gasteiger partial charge is 0.396 e. The van der Waals surface area contributed by atoms with Gasteiger partial charge in [0.25, 0.3) is 0 Å². The number of carbonyl (C=O) groups excluding carboxylic acids is 1. The summed E-state index contributed by atoms with van der Waals surface area (Å²) < 4.78 is 0. The van der Waals surface area contributed by atoms with Crippen LogP contribution in [-0.4, -0.2) is 17.5 Å². The first-order chi connectivity index (χ1) is 11.8. The first-order valence-corrected chi connectivity index (χ1v) is 10.1. The Morgan fingerprint density at radius 2 is 1.92 bits per heavy atom. The van der Waals surface area contributed by atoms with Crippen molar-refractivity contribution in [2.24, 2.45) is 39.9 Å². The molecule has 0 aliphatic heterocycles. The summed E-state index contributed by atoms with van der Waals surface area (Å²) in [5, 5.41) is 19.9. The van der Waals surface area contributed by atoms with Gasteiger partial charge in [0.1, 0.15) is 0 Å². The lowest BCUT2D eigenvalue weighted by Crippen LogP contribution is -2.54. The molecule has 0 aromatic carbocycles. The molecule has 0 aromatic rings. The predicted octanol–water partition coefficient (Wildman–Crippen LogP) is 4.27. The molecule has 4 rings (SSSR count). The first-order valence-electron chi connectivity index (χ1n) is 10.1. The van der Waals surface area contributed by atoms with Gasteiger partial charge in [0.2, 0.25) is 0 Å². The van der Waals surface area contributed by atoms with E-state index < -0.39 is 0 Å². The third kappa shape index (κ3) is 2.10. The monoisotopic (exact) mass is 341 g/mol. The highest BCUT2D eigenvalue weighted by atomic mass is 16.3. The van der Waals surface area contributed by atoms with Crippen LogP contribution in [0.2, 0.25) is 0 Å². The van der Waals surface area contributed by atoms with Gasteiger partial charge in [-0.2, -0.15) is 5.26 Å². The van der Waals surface area contributed by atoms with Gasteiger partial charge in [-0.15, -0.1) is 0 Å². The van der Waals surface area contributed by atoms with Crippen molar-refractivity contribution in [1.29, 1.82) is 5.26 Å². The number of nitriles is 1. The van der Waals surface area contributed by atoms with Gasteiger partial charge in [-0.3, -0.25) is 4.79 Å². The van der Waals surface area contributed by atoms with Crippen molar-refractivity contribution in [3.8, 4) is 6.07 Å². The number of hydrogen-bond acceptors (Lipinski definition) is 3. The number of hydrogen-bond donors (Lipinski definition) is 1. The van der Waals surface area contributed by atoms with E-state index in [-0.39, 0.29) is 34.6 Å². The van der Waals surface area contributed by atoms with Crippen molar-refractivity contribution in [3.05, 3.63) is 11.6 Å². The topological polar surface area (TPSA) is 61.1 Å². The molecule has 0 radical (unpaired) electrons. The molecule has 0 saturated heterocycles. The van der Waals surface area contributed by atoms with Crippen LogP contribution in [0.4, 0.5) is 0 Å². The second-order valence-electron chi connectivity index (χ2n) is 9.91. The number of rotatable bonds is 1. The molecule has 4 aliphatic rings. The second kappa shape index (κ2) is 5.43. The van der Waals surface area contributed by atoms with Gasteiger partial charge in [-0.25, -0.2) is 0 Å². The summed E-state index contributed by atoms with van der Waals surface area (Å²) >= 11 is 0. The minimum absolute atomic E-state index is 0.0667. The van der Waals surface area contributed by atoms with Crippen LogP contribution in [0.15, 0.2) is 11.6 Å². The zero-order chi connectivity index (χ0) is 18.0. The molecular formula is C22H31NO2. The molecule has 0 heterocycles. The molecule has 3 heteroatoms. The highest BCUT2D eigenvalue weighted by Crippen LogP contribution is 2.70. The fraction of sp³-hybridized carbons (Fsp3) is 0.818. The van der Waals surface area contributed by atoms with E-state index in [9.17, 15) is 15.2 Å². The molecule has 4 aliphatic carbocycles. The van der Waals surface area contributed by atoms with Crippen LogP contribution in [0.1, 0.15) is 65.7 Å². The van der Waals surface area contributed by atoms with E-state index in [4.69, 9.17) is 0 Å². The number of nitrogens with zero attached hydrogens (tertiary/aromatic N) is 1. The summed E-state index contributed by atoms with van der Waals surface area (Å²) in [6, 6.07) is 2.67. The van der Waals surface area contributed by atoms with E-state index in [1.54, 1.807) is 0 Å². The second-order valence-corrected chi connectivity index (χ2v) is 9.91. The molecule has 1 N–H and O–H groups in total. The van der Waals surface area contributed by atoms with E-state index in [1.165, 1.54) is 5.57 Å². The molecule has 3 fully saturated rings. The molecule has 25 heavy (non-hydrogen) atoms. The quantitative estimate of drug-likeness (QED) is 0.775. The van der Waals surface area contributed by atoms with Crippen molar-refractivity contribution >= 4 is 5.78 Å². The van der Waals surface area contributed by atoms with Crippen molar-refractivity contribution in [3.63, 3.8) is 0 Å². The minimum Gasteiger partial charge on any atom is -0.396 e. The van der Waals surface area contributed by atoms with E-state index in [2.05, 4.69) is 26.8 Å². The van der Waals surface area contributed by atoms with Gasteiger partial charge in [-0.1, -0.05) is 19.4 Å². The average Bonchev–Trinajstić information content (AvgIpc) is 2.87. The minimum atomic E-state index is -0.211. The average molecular weight is 341 g/mol. The van der Waals surface area contributed by atoms with E-state index in [0.717, 1.165) is 38.5 Å². The SMILES string of the molecule is CC1(C#N)CC[C@H]2[C@@H]3CC(CO)C4=CC(=O)CC[C@]4(C)[C@@H]3CC[C@@]21C. The molecule has 0 amide bonds. The summed E-state index contributed by atoms with van der Waals surface area (Å²) in [5.41, 5.74) is 1.19. The molecular weight excluding hydrogens is 310 g/mol. The number of aliphatic hydroxyl groups excluding tert-OH is 1. The maximum absolute atomic E-state index is 12.0. The van der Waals surface area contributed by atoms with E-state index in [0.29, 0.717) is 24.2 Å². The van der Waals surface area contributed by atoms with Gasteiger partial charge in [-0.05, 0) is 80.1 Å². The summed E-state index contributed by atoms with van der Waals surface area (Å²) in [4.78, 5) is 12.0. The summed E-state index contributed by atoms with van der Waals surface area (Å²) in [5.74, 6) is 2.14. The van der Waals surface area contributed by atoms with Gasteiger partial charge in [0.15, 0.2) is 5.78 Å². The van der Waals surface area contributed by atoms with Crippen molar-refractivity contribution in [1.82, 2.24) is 0 Å². The molecule has 3 nitrogen and oxygen atoms in total. The van der Waals surface area contributed by atoms with Gasteiger partial charge >= 0.3 is 0 Å². The Morgan fingerprint density at radius 1 is 1.20 bits per heavy atom. The van der Waals surface area contributed by atoms with Crippen LogP contribution in [-0.2, 0) is 4.79 Å².